The number of ether oxygens (including phenoxy) is 1. The first-order valence-corrected chi connectivity index (χ1v) is 5.84. The lowest BCUT2D eigenvalue weighted by Gasteiger charge is -2.03. The second-order valence-electron chi connectivity index (χ2n) is 4.05. The number of aromatic hydroxyl groups is 2. The van der Waals surface area contributed by atoms with E-state index in [1.54, 1.807) is 36.5 Å². The summed E-state index contributed by atoms with van der Waals surface area (Å²) in [7, 11) is 1.24. The van der Waals surface area contributed by atoms with Crippen molar-refractivity contribution in [2.45, 2.75) is 0 Å². The van der Waals surface area contributed by atoms with E-state index < -0.39 is 5.97 Å². The van der Waals surface area contributed by atoms with Crippen molar-refractivity contribution in [1.29, 1.82) is 0 Å². The van der Waals surface area contributed by atoms with Crippen LogP contribution in [0.5, 0.6) is 11.5 Å². The molecule has 0 aromatic heterocycles. The van der Waals surface area contributed by atoms with Gasteiger partial charge in [-0.3, -0.25) is 4.99 Å². The van der Waals surface area contributed by atoms with Crippen molar-refractivity contribution < 1.29 is 19.7 Å². The van der Waals surface area contributed by atoms with Gasteiger partial charge in [0.2, 0.25) is 0 Å². The molecule has 0 fully saturated rings. The van der Waals surface area contributed by atoms with Gasteiger partial charge in [0.25, 0.3) is 0 Å². The summed E-state index contributed by atoms with van der Waals surface area (Å²) in [5, 5.41) is 18.9. The molecule has 0 aliphatic heterocycles. The van der Waals surface area contributed by atoms with Crippen LogP contribution in [0.4, 0.5) is 5.69 Å². The number of carbonyl (C=O) groups is 1. The van der Waals surface area contributed by atoms with E-state index in [1.165, 1.54) is 19.2 Å². The fourth-order valence-electron chi connectivity index (χ4n) is 1.63. The zero-order valence-corrected chi connectivity index (χ0v) is 10.8. The third-order valence-electron chi connectivity index (χ3n) is 2.62. The van der Waals surface area contributed by atoms with Crippen LogP contribution in [-0.4, -0.2) is 29.5 Å². The van der Waals surface area contributed by atoms with Gasteiger partial charge in [-0.25, -0.2) is 4.79 Å². The summed E-state index contributed by atoms with van der Waals surface area (Å²) in [5.74, 6) is -0.639. The zero-order valence-electron chi connectivity index (χ0n) is 10.8. The Morgan fingerprint density at radius 1 is 1.20 bits per heavy atom. The Morgan fingerprint density at radius 2 is 2.00 bits per heavy atom. The SMILES string of the molecule is COC(=O)c1cc(N=Cc2cccc(O)c2)ccc1O. The maximum Gasteiger partial charge on any atom is 0.341 e. The fourth-order valence-corrected chi connectivity index (χ4v) is 1.63. The van der Waals surface area contributed by atoms with Crippen molar-refractivity contribution in [1.82, 2.24) is 0 Å². The standard InChI is InChI=1S/C15H13NO4/c1-20-15(19)13-8-11(5-6-14(13)18)16-9-10-3-2-4-12(17)7-10/h2-9,17-18H,1H3. The molecule has 0 aliphatic rings. The second-order valence-corrected chi connectivity index (χ2v) is 4.05. The summed E-state index contributed by atoms with van der Waals surface area (Å²) in [6.07, 6.45) is 1.55. The molecule has 5 heteroatoms. The molecule has 2 N–H and O–H groups in total. The van der Waals surface area contributed by atoms with Gasteiger partial charge in [-0.1, -0.05) is 12.1 Å². The monoisotopic (exact) mass is 271 g/mol. The smallest absolute Gasteiger partial charge is 0.341 e. The van der Waals surface area contributed by atoms with Crippen LogP contribution in [-0.2, 0) is 4.74 Å². The van der Waals surface area contributed by atoms with Crippen LogP contribution >= 0.6 is 0 Å². The quantitative estimate of drug-likeness (QED) is 0.664. The van der Waals surface area contributed by atoms with Gasteiger partial charge in [0, 0.05) is 6.21 Å². The van der Waals surface area contributed by atoms with Gasteiger partial charge < -0.3 is 14.9 Å². The number of phenols is 2. The number of phenolic OH excluding ortho intramolecular Hbond substituents is 2. The average molecular weight is 271 g/mol. The van der Waals surface area contributed by atoms with Gasteiger partial charge in [-0.05, 0) is 35.9 Å². The summed E-state index contributed by atoms with van der Waals surface area (Å²) in [4.78, 5) is 15.6. The summed E-state index contributed by atoms with van der Waals surface area (Å²) in [6.45, 7) is 0. The highest BCUT2D eigenvalue weighted by Crippen LogP contribution is 2.24. The highest BCUT2D eigenvalue weighted by Gasteiger charge is 2.11. The van der Waals surface area contributed by atoms with Gasteiger partial charge in [-0.15, -0.1) is 0 Å². The van der Waals surface area contributed by atoms with Crippen LogP contribution in [0, 0.1) is 0 Å². The molecule has 0 saturated heterocycles. The normalized spacial score (nSPS) is 10.7. The summed E-state index contributed by atoms with van der Waals surface area (Å²) in [6, 6.07) is 11.0. The number of aliphatic imine (C=N–C) groups is 1. The fraction of sp³-hybridized carbons (Fsp3) is 0.0667. The molecular formula is C15H13NO4. The number of benzene rings is 2. The predicted octanol–water partition coefficient (Wildman–Crippen LogP) is 2.64. The Bertz CT molecular complexity index is 665. The highest BCUT2D eigenvalue weighted by atomic mass is 16.5. The highest BCUT2D eigenvalue weighted by molar-refractivity contribution is 5.93. The minimum atomic E-state index is -0.628. The van der Waals surface area contributed by atoms with E-state index >= 15 is 0 Å². The Morgan fingerprint density at radius 3 is 2.70 bits per heavy atom. The van der Waals surface area contributed by atoms with Gasteiger partial charge in [0.05, 0.1) is 12.8 Å². The molecule has 102 valence electrons. The average Bonchev–Trinajstić information content (AvgIpc) is 2.45. The van der Waals surface area contributed by atoms with Crippen molar-refractivity contribution in [3.63, 3.8) is 0 Å². The van der Waals surface area contributed by atoms with E-state index in [0.29, 0.717) is 5.69 Å². The minimum Gasteiger partial charge on any atom is -0.508 e. The number of methoxy groups -OCH3 is 1. The number of nitrogens with zero attached hydrogens (tertiary/aromatic N) is 1. The van der Waals surface area contributed by atoms with Crippen LogP contribution in [0.3, 0.4) is 0 Å². The van der Waals surface area contributed by atoms with Crippen molar-refractivity contribution in [2.24, 2.45) is 4.99 Å². The first-order valence-electron chi connectivity index (χ1n) is 5.84. The van der Waals surface area contributed by atoms with Gasteiger partial charge in [-0.2, -0.15) is 0 Å². The lowest BCUT2D eigenvalue weighted by molar-refractivity contribution is 0.0597. The van der Waals surface area contributed by atoms with E-state index in [-0.39, 0.29) is 17.1 Å². The van der Waals surface area contributed by atoms with Gasteiger partial charge >= 0.3 is 5.97 Å². The second kappa shape index (κ2) is 5.88. The number of hydrogen-bond acceptors (Lipinski definition) is 5. The molecule has 0 amide bonds. The van der Waals surface area contributed by atoms with E-state index in [0.717, 1.165) is 5.56 Å². The molecule has 0 bridgehead atoms. The molecule has 0 aliphatic carbocycles. The third-order valence-corrected chi connectivity index (χ3v) is 2.62. The maximum absolute atomic E-state index is 11.4. The predicted molar refractivity (Wildman–Crippen MR) is 74.8 cm³/mol. The van der Waals surface area contributed by atoms with Crippen LogP contribution < -0.4 is 0 Å². The Kier molecular flexibility index (Phi) is 4.00. The summed E-state index contributed by atoms with van der Waals surface area (Å²) < 4.78 is 4.57. The van der Waals surface area contributed by atoms with Crippen LogP contribution in [0.1, 0.15) is 15.9 Å². The van der Waals surface area contributed by atoms with Crippen molar-refractivity contribution in [2.75, 3.05) is 7.11 Å². The molecule has 2 aromatic carbocycles. The molecular weight excluding hydrogens is 258 g/mol. The van der Waals surface area contributed by atoms with Crippen LogP contribution in [0.15, 0.2) is 47.5 Å². The van der Waals surface area contributed by atoms with E-state index in [2.05, 4.69) is 9.73 Å². The van der Waals surface area contributed by atoms with E-state index in [1.807, 2.05) is 0 Å². The molecule has 0 radical (unpaired) electrons. The van der Waals surface area contributed by atoms with Crippen LogP contribution in [0.25, 0.3) is 0 Å². The van der Waals surface area contributed by atoms with Crippen LogP contribution in [0.2, 0.25) is 0 Å². The Hall–Kier alpha value is -2.82. The number of rotatable bonds is 3. The largest absolute Gasteiger partial charge is 0.508 e. The zero-order chi connectivity index (χ0) is 14.5. The molecule has 0 atom stereocenters. The first kappa shape index (κ1) is 13.6. The molecule has 0 spiro atoms. The van der Waals surface area contributed by atoms with E-state index in [4.69, 9.17) is 0 Å². The van der Waals surface area contributed by atoms with Gasteiger partial charge in [0.15, 0.2) is 0 Å². The minimum absolute atomic E-state index is 0.0538. The van der Waals surface area contributed by atoms with Crippen molar-refractivity contribution >= 4 is 17.9 Å². The maximum atomic E-state index is 11.4. The lowest BCUT2D eigenvalue weighted by atomic mass is 10.2. The van der Waals surface area contributed by atoms with Crippen molar-refractivity contribution in [3.05, 3.63) is 53.6 Å². The number of hydrogen-bond donors (Lipinski definition) is 2. The first-order chi connectivity index (χ1) is 9.60. The molecule has 2 aromatic rings. The Balaban J connectivity index is 2.28. The summed E-state index contributed by atoms with van der Waals surface area (Å²) in [5.41, 5.74) is 1.27. The third kappa shape index (κ3) is 3.14. The Labute approximate surface area is 115 Å². The molecule has 5 nitrogen and oxygen atoms in total. The lowest BCUT2D eigenvalue weighted by Crippen LogP contribution is -2.00. The number of carbonyl (C=O) groups excluding carboxylic acids is 1. The molecule has 0 saturated carbocycles. The summed E-state index contributed by atoms with van der Waals surface area (Å²) >= 11 is 0. The van der Waals surface area contributed by atoms with Crippen molar-refractivity contribution in [3.8, 4) is 11.5 Å². The molecule has 0 heterocycles. The molecule has 2 rings (SSSR count). The number of esters is 1. The molecule has 20 heavy (non-hydrogen) atoms. The molecule has 0 unspecified atom stereocenters. The van der Waals surface area contributed by atoms with Gasteiger partial charge in [0.1, 0.15) is 17.1 Å². The van der Waals surface area contributed by atoms with E-state index in [9.17, 15) is 15.0 Å². The topological polar surface area (TPSA) is 79.1 Å².